The van der Waals surface area contributed by atoms with E-state index in [-0.39, 0.29) is 24.3 Å². The fourth-order valence-corrected chi connectivity index (χ4v) is 4.48. The molecule has 32 heavy (non-hydrogen) atoms. The van der Waals surface area contributed by atoms with Crippen LogP contribution in [-0.2, 0) is 21.2 Å². The Morgan fingerprint density at radius 2 is 1.81 bits per heavy atom. The molecule has 0 aliphatic rings. The number of aryl methyl sites for hydroxylation is 3. The Hall–Kier alpha value is -2.97. The number of benzene rings is 2. The molecule has 0 spiro atoms. The maximum absolute atomic E-state index is 12.3. The van der Waals surface area contributed by atoms with Crippen molar-refractivity contribution in [3.8, 4) is 5.75 Å². The minimum absolute atomic E-state index is 0.0354. The van der Waals surface area contributed by atoms with Gasteiger partial charge < -0.3 is 9.15 Å². The zero-order chi connectivity index (χ0) is 23.3. The highest BCUT2D eigenvalue weighted by Gasteiger charge is 2.16. The molecule has 0 saturated carbocycles. The van der Waals surface area contributed by atoms with Gasteiger partial charge in [0.2, 0.25) is 10.0 Å². The molecule has 8 heteroatoms. The average Bonchev–Trinajstić information content (AvgIpc) is 2.74. The number of ether oxygens (including phenoxy) is 1. The van der Waals surface area contributed by atoms with Crippen LogP contribution in [0.15, 0.2) is 56.6 Å². The maximum Gasteiger partial charge on any atom is 0.336 e. The number of fused-ring (bicyclic) bond motifs is 1. The Morgan fingerprint density at radius 1 is 1.09 bits per heavy atom. The fraction of sp³-hybridized carbons (Fsp3) is 0.333. The molecule has 3 aromatic rings. The molecule has 1 aromatic heterocycles. The fourth-order valence-electron chi connectivity index (χ4n) is 3.41. The first-order valence-electron chi connectivity index (χ1n) is 10.5. The Bertz CT molecular complexity index is 1280. The molecule has 0 fully saturated rings. The molecule has 1 N–H and O–H groups in total. The van der Waals surface area contributed by atoms with Crippen molar-refractivity contribution in [2.45, 2.75) is 51.3 Å². The molecular weight excluding hydrogens is 430 g/mol. The number of nitrogens with one attached hydrogen (secondary N) is 1. The molecule has 0 aliphatic heterocycles. The van der Waals surface area contributed by atoms with Crippen molar-refractivity contribution in [1.82, 2.24) is 4.72 Å². The summed E-state index contributed by atoms with van der Waals surface area (Å²) in [6.45, 7) is 5.76. The summed E-state index contributed by atoms with van der Waals surface area (Å²) in [6, 6.07) is 11.5. The first-order chi connectivity index (χ1) is 15.2. The summed E-state index contributed by atoms with van der Waals surface area (Å²) in [6.07, 6.45) is 1.96. The molecule has 0 bridgehead atoms. The highest BCUT2D eigenvalue weighted by atomic mass is 32.2. The van der Waals surface area contributed by atoms with E-state index in [0.717, 1.165) is 29.4 Å². The number of carbonyl (C=O) groups is 1. The van der Waals surface area contributed by atoms with Gasteiger partial charge in [0.1, 0.15) is 11.3 Å². The highest BCUT2D eigenvalue weighted by Crippen LogP contribution is 2.29. The molecule has 3 rings (SSSR count). The van der Waals surface area contributed by atoms with Crippen LogP contribution >= 0.6 is 0 Å². The van der Waals surface area contributed by atoms with Crippen LogP contribution < -0.4 is 15.1 Å². The zero-order valence-electron chi connectivity index (χ0n) is 18.4. The summed E-state index contributed by atoms with van der Waals surface area (Å²) >= 11 is 0. The van der Waals surface area contributed by atoms with Crippen LogP contribution in [0.2, 0.25) is 0 Å². The normalized spacial score (nSPS) is 11.6. The van der Waals surface area contributed by atoms with Crippen molar-refractivity contribution in [1.29, 1.82) is 0 Å². The van der Waals surface area contributed by atoms with Crippen molar-refractivity contribution < 1.29 is 22.4 Å². The Balaban J connectivity index is 1.61. The van der Waals surface area contributed by atoms with Gasteiger partial charge >= 0.3 is 11.6 Å². The first-order valence-corrected chi connectivity index (χ1v) is 12.0. The van der Waals surface area contributed by atoms with Gasteiger partial charge in [0.15, 0.2) is 0 Å². The summed E-state index contributed by atoms with van der Waals surface area (Å²) in [5.74, 6) is -0.173. The largest absolute Gasteiger partial charge is 0.426 e. The van der Waals surface area contributed by atoms with Crippen molar-refractivity contribution in [3.05, 3.63) is 69.6 Å². The third-order valence-electron chi connectivity index (χ3n) is 5.12. The quantitative estimate of drug-likeness (QED) is 0.225. The minimum atomic E-state index is -3.62. The summed E-state index contributed by atoms with van der Waals surface area (Å²) < 4.78 is 37.9. The van der Waals surface area contributed by atoms with Gasteiger partial charge in [-0.25, -0.2) is 17.9 Å². The predicted molar refractivity (Wildman–Crippen MR) is 122 cm³/mol. The van der Waals surface area contributed by atoms with Crippen molar-refractivity contribution in [3.63, 3.8) is 0 Å². The number of sulfonamides is 1. The second kappa shape index (κ2) is 10.1. The van der Waals surface area contributed by atoms with E-state index in [9.17, 15) is 18.0 Å². The van der Waals surface area contributed by atoms with Gasteiger partial charge in [0.05, 0.1) is 4.90 Å². The van der Waals surface area contributed by atoms with E-state index in [1.165, 1.54) is 6.07 Å². The van der Waals surface area contributed by atoms with Crippen LogP contribution in [0.5, 0.6) is 5.75 Å². The van der Waals surface area contributed by atoms with Gasteiger partial charge in [0, 0.05) is 30.0 Å². The number of hydrogen-bond acceptors (Lipinski definition) is 6. The van der Waals surface area contributed by atoms with Crippen LogP contribution in [0.4, 0.5) is 0 Å². The van der Waals surface area contributed by atoms with Crippen LogP contribution in [0.25, 0.3) is 11.0 Å². The number of rotatable bonds is 9. The molecule has 1 heterocycles. The van der Waals surface area contributed by atoms with E-state index in [4.69, 9.17) is 9.15 Å². The highest BCUT2D eigenvalue weighted by molar-refractivity contribution is 7.89. The van der Waals surface area contributed by atoms with E-state index in [1.54, 1.807) is 43.3 Å². The van der Waals surface area contributed by atoms with Crippen molar-refractivity contribution >= 4 is 27.0 Å². The molecule has 0 radical (unpaired) electrons. The SMILES string of the molecule is CCCc1cc(=O)oc2c(C)c(OC(=O)CCCNS(=O)(=O)c3ccc(C)cc3)ccc12. The third kappa shape index (κ3) is 5.63. The lowest BCUT2D eigenvalue weighted by Gasteiger charge is -2.11. The monoisotopic (exact) mass is 457 g/mol. The van der Waals surface area contributed by atoms with Crippen LogP contribution in [-0.4, -0.2) is 20.9 Å². The van der Waals surface area contributed by atoms with Gasteiger partial charge in [-0.15, -0.1) is 0 Å². The lowest BCUT2D eigenvalue weighted by molar-refractivity contribution is -0.134. The lowest BCUT2D eigenvalue weighted by Crippen LogP contribution is -2.25. The molecule has 170 valence electrons. The maximum atomic E-state index is 12.3. The summed E-state index contributed by atoms with van der Waals surface area (Å²) in [5.41, 5.74) is 2.42. The Morgan fingerprint density at radius 3 is 2.50 bits per heavy atom. The molecule has 2 aromatic carbocycles. The van der Waals surface area contributed by atoms with Gasteiger partial charge in [0.25, 0.3) is 0 Å². The second-order valence-corrected chi connectivity index (χ2v) is 9.46. The molecule has 0 atom stereocenters. The van der Waals surface area contributed by atoms with Gasteiger partial charge in [-0.2, -0.15) is 0 Å². The molecule has 0 saturated heterocycles. The van der Waals surface area contributed by atoms with Crippen LogP contribution in [0, 0.1) is 13.8 Å². The first kappa shape index (κ1) is 23.7. The van der Waals surface area contributed by atoms with E-state index in [1.807, 2.05) is 13.8 Å². The Kier molecular flexibility index (Phi) is 7.48. The third-order valence-corrected chi connectivity index (χ3v) is 6.60. The molecule has 0 amide bonds. The smallest absolute Gasteiger partial charge is 0.336 e. The number of hydrogen-bond donors (Lipinski definition) is 1. The van der Waals surface area contributed by atoms with Crippen LogP contribution in [0.1, 0.15) is 42.9 Å². The van der Waals surface area contributed by atoms with Crippen molar-refractivity contribution in [2.75, 3.05) is 6.54 Å². The second-order valence-electron chi connectivity index (χ2n) is 7.69. The van der Waals surface area contributed by atoms with E-state index in [0.29, 0.717) is 16.9 Å². The van der Waals surface area contributed by atoms with Crippen LogP contribution in [0.3, 0.4) is 0 Å². The van der Waals surface area contributed by atoms with E-state index >= 15 is 0 Å². The van der Waals surface area contributed by atoms with Gasteiger partial charge in [-0.1, -0.05) is 31.0 Å². The number of esters is 1. The molecule has 0 aliphatic carbocycles. The standard InChI is InChI=1S/C24H27NO6S/c1-4-6-18-15-23(27)31-24-17(3)21(13-12-20(18)24)30-22(26)7-5-14-25-32(28,29)19-10-8-16(2)9-11-19/h8-13,15,25H,4-7,14H2,1-3H3. The van der Waals surface area contributed by atoms with Crippen molar-refractivity contribution in [2.24, 2.45) is 0 Å². The minimum Gasteiger partial charge on any atom is -0.426 e. The van der Waals surface area contributed by atoms with E-state index < -0.39 is 21.6 Å². The average molecular weight is 458 g/mol. The number of carbonyl (C=O) groups excluding carboxylic acids is 1. The van der Waals surface area contributed by atoms with Gasteiger partial charge in [-0.05, 0) is 56.5 Å². The summed E-state index contributed by atoms with van der Waals surface area (Å²) in [4.78, 5) is 24.4. The lowest BCUT2D eigenvalue weighted by atomic mass is 10.0. The van der Waals surface area contributed by atoms with Gasteiger partial charge in [-0.3, -0.25) is 4.79 Å². The summed E-state index contributed by atoms with van der Waals surface area (Å²) in [7, 11) is -3.62. The predicted octanol–water partition coefficient (Wildman–Crippen LogP) is 4.03. The molecular formula is C24H27NO6S. The molecule has 0 unspecified atom stereocenters. The zero-order valence-corrected chi connectivity index (χ0v) is 19.3. The topological polar surface area (TPSA) is 103 Å². The molecule has 7 nitrogen and oxygen atoms in total. The Labute approximate surface area is 187 Å². The summed E-state index contributed by atoms with van der Waals surface area (Å²) in [5, 5.41) is 0.828. The van der Waals surface area contributed by atoms with E-state index in [2.05, 4.69) is 4.72 Å².